The van der Waals surface area contributed by atoms with Gasteiger partial charge in [0.2, 0.25) is 10.0 Å². The van der Waals surface area contributed by atoms with Crippen LogP contribution in [0.5, 0.6) is 0 Å². The normalized spacial score (nSPS) is 21.4. The molecule has 5 nitrogen and oxygen atoms in total. The fraction of sp³-hybridized carbons (Fsp3) is 0.440. The average molecular weight is 444 g/mol. The van der Waals surface area contributed by atoms with Crippen molar-refractivity contribution in [3.05, 3.63) is 77.4 Å². The van der Waals surface area contributed by atoms with E-state index in [-0.39, 0.29) is 29.1 Å². The molecule has 6 heteroatoms. The quantitative estimate of drug-likeness (QED) is 0.575. The molecule has 1 aliphatic rings. The summed E-state index contributed by atoms with van der Waals surface area (Å²) in [7, 11) is -3.52. The highest BCUT2D eigenvalue weighted by atomic mass is 32.2. The monoisotopic (exact) mass is 443 g/mol. The smallest absolute Gasteiger partial charge is 0.240 e. The van der Waals surface area contributed by atoms with Crippen molar-refractivity contribution in [2.24, 2.45) is 5.92 Å². The summed E-state index contributed by atoms with van der Waals surface area (Å²) in [6.45, 7) is 9.46. The van der Waals surface area contributed by atoms with Gasteiger partial charge in [0.15, 0.2) is 0 Å². The molecule has 0 spiro atoms. The predicted molar refractivity (Wildman–Crippen MR) is 123 cm³/mol. The molecule has 0 bridgehead atoms. The standard InChI is InChI=1S/C25H33NO4S/c1-19-10-13-22(14-11-19)31(27,28)26-16-20(2)12-15-23-24(18-30-25(23,3)4)29-17-21-8-6-5-7-9-21/h5-14,23-24,26H,15-18H2,1-4H3/b20-12+/t23-,24+/m1/s1. The molecule has 168 valence electrons. The van der Waals surface area contributed by atoms with Crippen molar-refractivity contribution in [2.75, 3.05) is 13.2 Å². The molecule has 3 rings (SSSR count). The molecule has 2 aromatic rings. The van der Waals surface area contributed by atoms with Crippen LogP contribution in [-0.4, -0.2) is 33.3 Å². The maximum atomic E-state index is 12.5. The van der Waals surface area contributed by atoms with Gasteiger partial charge in [-0.2, -0.15) is 0 Å². The van der Waals surface area contributed by atoms with Crippen molar-refractivity contribution in [3.63, 3.8) is 0 Å². The van der Waals surface area contributed by atoms with E-state index < -0.39 is 10.0 Å². The lowest BCUT2D eigenvalue weighted by Crippen LogP contribution is -2.33. The number of hydrogen-bond donors (Lipinski definition) is 1. The van der Waals surface area contributed by atoms with Crippen molar-refractivity contribution < 1.29 is 17.9 Å². The second-order valence-corrected chi connectivity index (χ2v) is 10.5. The zero-order chi connectivity index (χ0) is 22.5. The largest absolute Gasteiger partial charge is 0.372 e. The van der Waals surface area contributed by atoms with Gasteiger partial charge in [-0.3, -0.25) is 0 Å². The van der Waals surface area contributed by atoms with Gasteiger partial charge in [0, 0.05) is 12.5 Å². The number of benzene rings is 2. The van der Waals surface area contributed by atoms with Crippen LogP contribution < -0.4 is 4.72 Å². The third-order valence-corrected chi connectivity index (χ3v) is 7.28. The molecular formula is C25H33NO4S. The number of hydrogen-bond acceptors (Lipinski definition) is 4. The van der Waals surface area contributed by atoms with Crippen LogP contribution in [0.15, 0.2) is 71.1 Å². The van der Waals surface area contributed by atoms with Crippen molar-refractivity contribution >= 4 is 10.0 Å². The van der Waals surface area contributed by atoms with E-state index in [0.29, 0.717) is 13.2 Å². The van der Waals surface area contributed by atoms with Crippen molar-refractivity contribution in [2.45, 2.75) is 57.3 Å². The van der Waals surface area contributed by atoms with E-state index in [1.165, 1.54) is 0 Å². The minimum Gasteiger partial charge on any atom is -0.372 e. The molecule has 0 radical (unpaired) electrons. The highest BCUT2D eigenvalue weighted by molar-refractivity contribution is 7.89. The molecule has 0 saturated carbocycles. The first-order valence-corrected chi connectivity index (χ1v) is 12.2. The maximum absolute atomic E-state index is 12.5. The first-order chi connectivity index (χ1) is 14.7. The summed E-state index contributed by atoms with van der Waals surface area (Å²) in [5.41, 5.74) is 2.85. The second-order valence-electron chi connectivity index (χ2n) is 8.78. The number of ether oxygens (including phenoxy) is 2. The van der Waals surface area contributed by atoms with Crippen molar-refractivity contribution in [1.29, 1.82) is 0 Å². The zero-order valence-corrected chi connectivity index (χ0v) is 19.6. The number of allylic oxidation sites excluding steroid dienone is 1. The first-order valence-electron chi connectivity index (χ1n) is 10.7. The van der Waals surface area contributed by atoms with E-state index in [1.807, 2.05) is 32.0 Å². The van der Waals surface area contributed by atoms with Gasteiger partial charge in [-0.15, -0.1) is 0 Å². The van der Waals surface area contributed by atoms with Gasteiger partial charge in [-0.1, -0.05) is 59.7 Å². The molecule has 0 aromatic heterocycles. The van der Waals surface area contributed by atoms with E-state index in [1.54, 1.807) is 24.3 Å². The summed E-state index contributed by atoms with van der Waals surface area (Å²) < 4.78 is 39.9. The Labute approximate surface area is 186 Å². The molecular weight excluding hydrogens is 410 g/mol. The second kappa shape index (κ2) is 10.1. The van der Waals surface area contributed by atoms with Crippen LogP contribution in [0, 0.1) is 12.8 Å². The lowest BCUT2D eigenvalue weighted by molar-refractivity contribution is 0.0113. The number of aryl methyl sites for hydroxylation is 1. The summed E-state index contributed by atoms with van der Waals surface area (Å²) in [5.74, 6) is 0.194. The summed E-state index contributed by atoms with van der Waals surface area (Å²) in [5, 5.41) is 0. The fourth-order valence-electron chi connectivity index (χ4n) is 3.76. The van der Waals surface area contributed by atoms with Crippen LogP contribution in [0.25, 0.3) is 0 Å². The molecule has 2 aromatic carbocycles. The van der Waals surface area contributed by atoms with E-state index in [9.17, 15) is 8.42 Å². The number of nitrogens with one attached hydrogen (secondary N) is 1. The van der Waals surface area contributed by atoms with Gasteiger partial charge in [0.1, 0.15) is 0 Å². The molecule has 31 heavy (non-hydrogen) atoms. The topological polar surface area (TPSA) is 64.6 Å². The molecule has 2 atom stereocenters. The Kier molecular flexibility index (Phi) is 7.70. The molecule has 1 heterocycles. The molecule has 1 fully saturated rings. The molecule has 0 amide bonds. The van der Waals surface area contributed by atoms with Crippen LogP contribution >= 0.6 is 0 Å². The van der Waals surface area contributed by atoms with Gasteiger partial charge in [-0.05, 0) is 51.8 Å². The minimum atomic E-state index is -3.52. The number of rotatable bonds is 9. The third-order valence-electron chi connectivity index (χ3n) is 5.86. The van der Waals surface area contributed by atoms with Crippen molar-refractivity contribution in [1.82, 2.24) is 4.72 Å². The first kappa shape index (κ1) is 23.7. The summed E-state index contributed by atoms with van der Waals surface area (Å²) >= 11 is 0. The van der Waals surface area contributed by atoms with Crippen LogP contribution in [-0.2, 0) is 26.1 Å². The van der Waals surface area contributed by atoms with Crippen molar-refractivity contribution in [3.8, 4) is 0 Å². The Balaban J connectivity index is 1.57. The Morgan fingerprint density at radius 3 is 2.52 bits per heavy atom. The Morgan fingerprint density at radius 1 is 1.16 bits per heavy atom. The predicted octanol–water partition coefficient (Wildman–Crippen LogP) is 4.62. The summed E-state index contributed by atoms with van der Waals surface area (Å²) in [6.07, 6.45) is 2.87. The van der Waals surface area contributed by atoms with Crippen LogP contribution in [0.2, 0.25) is 0 Å². The molecule has 1 aliphatic heterocycles. The Morgan fingerprint density at radius 2 is 1.84 bits per heavy atom. The van der Waals surface area contributed by atoms with Gasteiger partial charge in [0.25, 0.3) is 0 Å². The number of sulfonamides is 1. The third kappa shape index (κ3) is 6.50. The van der Waals surface area contributed by atoms with E-state index in [4.69, 9.17) is 9.47 Å². The highest BCUT2D eigenvalue weighted by Gasteiger charge is 2.43. The molecule has 0 aliphatic carbocycles. The zero-order valence-electron chi connectivity index (χ0n) is 18.8. The summed E-state index contributed by atoms with van der Waals surface area (Å²) in [4.78, 5) is 0.283. The van der Waals surface area contributed by atoms with E-state index in [2.05, 4.69) is 36.8 Å². The molecule has 1 N–H and O–H groups in total. The summed E-state index contributed by atoms with van der Waals surface area (Å²) in [6, 6.07) is 17.0. The SMILES string of the molecule is C/C(=C\C[C@@H]1[C@@H](OCc2ccccc2)COC1(C)C)CNS(=O)(=O)c1ccc(C)cc1. The fourth-order valence-corrected chi connectivity index (χ4v) is 4.83. The Hall–Kier alpha value is -1.99. The Bertz CT molecular complexity index is 982. The van der Waals surface area contributed by atoms with Gasteiger partial charge >= 0.3 is 0 Å². The van der Waals surface area contributed by atoms with Gasteiger partial charge < -0.3 is 9.47 Å². The lowest BCUT2D eigenvalue weighted by Gasteiger charge is -2.28. The highest BCUT2D eigenvalue weighted by Crippen LogP contribution is 2.36. The maximum Gasteiger partial charge on any atom is 0.240 e. The van der Waals surface area contributed by atoms with Gasteiger partial charge in [0.05, 0.1) is 29.8 Å². The molecule has 1 saturated heterocycles. The van der Waals surface area contributed by atoms with E-state index >= 15 is 0 Å². The van der Waals surface area contributed by atoms with Crippen LogP contribution in [0.1, 0.15) is 38.3 Å². The van der Waals surface area contributed by atoms with Crippen LogP contribution in [0.3, 0.4) is 0 Å². The molecule has 0 unspecified atom stereocenters. The van der Waals surface area contributed by atoms with Crippen LogP contribution in [0.4, 0.5) is 0 Å². The minimum absolute atomic E-state index is 0.00325. The lowest BCUT2D eigenvalue weighted by atomic mass is 9.85. The average Bonchev–Trinajstić information content (AvgIpc) is 3.03. The van der Waals surface area contributed by atoms with Gasteiger partial charge in [-0.25, -0.2) is 13.1 Å². The van der Waals surface area contributed by atoms with E-state index in [0.717, 1.165) is 23.1 Å².